The number of thiol groups is 4. The van der Waals surface area contributed by atoms with E-state index in [0.717, 1.165) is 0 Å². The van der Waals surface area contributed by atoms with Crippen molar-refractivity contribution in [2.75, 3.05) is 6.54 Å². The van der Waals surface area contributed by atoms with Gasteiger partial charge in [-0.05, 0) is 0 Å². The zero-order valence-corrected chi connectivity index (χ0v) is 11.0. The number of nitrogens with two attached hydrogens (primary N) is 1. The van der Waals surface area contributed by atoms with Crippen LogP contribution in [0.4, 0.5) is 0 Å². The van der Waals surface area contributed by atoms with E-state index in [1.54, 1.807) is 6.33 Å². The molecule has 2 N–H and O–H groups in total. The molecule has 0 spiro atoms. The van der Waals surface area contributed by atoms with Crippen LogP contribution in [0.15, 0.2) is 11.4 Å². The quantitative estimate of drug-likeness (QED) is 0.501. The lowest BCUT2D eigenvalue weighted by molar-refractivity contribution is 0.105. The highest BCUT2D eigenvalue weighted by molar-refractivity contribution is 7.93. The van der Waals surface area contributed by atoms with Gasteiger partial charge in [0.25, 0.3) is 0 Å². The first-order valence-corrected chi connectivity index (χ1v) is 5.75. The molecule has 1 aliphatic rings. The van der Waals surface area contributed by atoms with Crippen LogP contribution in [-0.4, -0.2) is 15.5 Å². The summed E-state index contributed by atoms with van der Waals surface area (Å²) in [5.74, 6) is 0. The SMILES string of the molecule is NCC1(S)OC(S)=C(S)c2c1ncn2S. The third-order valence-electron chi connectivity index (χ3n) is 2.09. The molecule has 0 amide bonds. The number of fused-ring (bicyclic) bond motifs is 1. The molecule has 2 rings (SSSR count). The van der Waals surface area contributed by atoms with E-state index in [1.807, 2.05) is 0 Å². The Morgan fingerprint density at radius 3 is 2.80 bits per heavy atom. The van der Waals surface area contributed by atoms with Crippen LogP contribution in [0.25, 0.3) is 4.91 Å². The Balaban J connectivity index is 2.68. The summed E-state index contributed by atoms with van der Waals surface area (Å²) in [6.07, 6.45) is 1.54. The topological polar surface area (TPSA) is 53.1 Å². The normalized spacial score (nSPS) is 25.1. The van der Waals surface area contributed by atoms with Gasteiger partial charge in [-0.2, -0.15) is 0 Å². The fourth-order valence-corrected chi connectivity index (χ4v) is 2.52. The van der Waals surface area contributed by atoms with Crippen LogP contribution in [0, 0.1) is 0 Å². The number of hydrogen-bond donors (Lipinski definition) is 5. The van der Waals surface area contributed by atoms with Crippen molar-refractivity contribution in [2.24, 2.45) is 5.73 Å². The summed E-state index contributed by atoms with van der Waals surface area (Å²) in [4.78, 5) is 3.76. The van der Waals surface area contributed by atoms with Crippen molar-refractivity contribution < 1.29 is 4.74 Å². The number of rotatable bonds is 1. The van der Waals surface area contributed by atoms with Crippen LogP contribution >= 0.6 is 50.7 Å². The second kappa shape index (κ2) is 3.85. The Labute approximate surface area is 109 Å². The van der Waals surface area contributed by atoms with Crippen molar-refractivity contribution in [3.63, 3.8) is 0 Å². The van der Waals surface area contributed by atoms with Crippen LogP contribution in [0.2, 0.25) is 0 Å². The van der Waals surface area contributed by atoms with Crippen molar-refractivity contribution in [1.29, 1.82) is 0 Å². The van der Waals surface area contributed by atoms with E-state index in [9.17, 15) is 0 Å². The molecule has 1 aliphatic heterocycles. The smallest absolute Gasteiger partial charge is 0.209 e. The van der Waals surface area contributed by atoms with E-state index in [-0.39, 0.29) is 6.54 Å². The van der Waals surface area contributed by atoms with Gasteiger partial charge in [0.15, 0.2) is 5.09 Å². The molecule has 82 valence electrons. The van der Waals surface area contributed by atoms with Crippen molar-refractivity contribution >= 4 is 55.6 Å². The Morgan fingerprint density at radius 2 is 2.20 bits per heavy atom. The molecule has 1 aromatic heterocycles. The maximum atomic E-state index is 5.61. The fourth-order valence-electron chi connectivity index (χ4n) is 1.34. The Morgan fingerprint density at radius 1 is 1.53 bits per heavy atom. The predicted octanol–water partition coefficient (Wildman–Crippen LogP) is 1.13. The largest absolute Gasteiger partial charge is 0.462 e. The molecular formula is C7H9N3OS4. The summed E-state index contributed by atoms with van der Waals surface area (Å²) in [5.41, 5.74) is 6.92. The average molecular weight is 279 g/mol. The van der Waals surface area contributed by atoms with Crippen LogP contribution < -0.4 is 5.73 Å². The summed E-state index contributed by atoms with van der Waals surface area (Å²) < 4.78 is 7.01. The van der Waals surface area contributed by atoms with Gasteiger partial charge in [0, 0.05) is 6.54 Å². The standard InChI is InChI=1S/C7H9N3OS4/c8-1-7(14)5-3(10(15)2-9-5)4(12)6(13)11-7/h2,12-15H,1,8H2. The third kappa shape index (κ3) is 1.68. The zero-order valence-electron chi connectivity index (χ0n) is 7.45. The summed E-state index contributed by atoms with van der Waals surface area (Å²) in [6.45, 7) is 0.180. The van der Waals surface area contributed by atoms with E-state index in [1.165, 1.54) is 3.97 Å². The Hall–Kier alpha value is 0.110. The minimum absolute atomic E-state index is 0.180. The molecule has 0 aromatic carbocycles. The maximum absolute atomic E-state index is 5.61. The second-order valence-corrected chi connectivity index (χ2v) is 5.04. The van der Waals surface area contributed by atoms with Gasteiger partial charge in [-0.1, -0.05) is 12.8 Å². The molecule has 0 saturated heterocycles. The number of imidazole rings is 1. The molecule has 8 heteroatoms. The van der Waals surface area contributed by atoms with Crippen LogP contribution in [0.5, 0.6) is 0 Å². The number of hydrogen-bond acceptors (Lipinski definition) is 7. The first-order valence-electron chi connectivity index (χ1n) is 4.00. The van der Waals surface area contributed by atoms with Gasteiger partial charge in [-0.25, -0.2) is 4.98 Å². The third-order valence-corrected chi connectivity index (χ3v) is 3.78. The van der Waals surface area contributed by atoms with Gasteiger partial charge < -0.3 is 10.5 Å². The predicted molar refractivity (Wildman–Crippen MR) is 72.3 cm³/mol. The minimum atomic E-state index is -0.966. The maximum Gasteiger partial charge on any atom is 0.209 e. The number of nitrogens with zero attached hydrogens (tertiary/aromatic N) is 2. The lowest BCUT2D eigenvalue weighted by Gasteiger charge is -2.31. The second-order valence-electron chi connectivity index (χ2n) is 3.03. The van der Waals surface area contributed by atoms with Crippen LogP contribution in [0.1, 0.15) is 11.4 Å². The fraction of sp³-hybridized carbons (Fsp3) is 0.286. The molecule has 1 aromatic rings. The monoisotopic (exact) mass is 279 g/mol. The minimum Gasteiger partial charge on any atom is -0.462 e. The van der Waals surface area contributed by atoms with Crippen molar-refractivity contribution in [3.8, 4) is 0 Å². The molecule has 2 heterocycles. The Bertz CT molecular complexity index is 443. The highest BCUT2D eigenvalue weighted by Gasteiger charge is 2.40. The number of ether oxygens (including phenoxy) is 1. The molecule has 0 aliphatic carbocycles. The van der Waals surface area contributed by atoms with Crippen LogP contribution in [-0.2, 0) is 9.67 Å². The van der Waals surface area contributed by atoms with Gasteiger partial charge in [0.2, 0.25) is 4.93 Å². The van der Waals surface area contributed by atoms with Gasteiger partial charge in [-0.3, -0.25) is 3.97 Å². The van der Waals surface area contributed by atoms with Gasteiger partial charge in [0.1, 0.15) is 12.0 Å². The highest BCUT2D eigenvalue weighted by Crippen LogP contribution is 2.44. The summed E-state index contributed by atoms with van der Waals surface area (Å²) in [7, 11) is 0. The molecule has 0 saturated carbocycles. The highest BCUT2D eigenvalue weighted by atomic mass is 32.1. The molecule has 4 nitrogen and oxygen atoms in total. The molecule has 0 bridgehead atoms. The van der Waals surface area contributed by atoms with E-state index < -0.39 is 4.93 Å². The molecule has 15 heavy (non-hydrogen) atoms. The van der Waals surface area contributed by atoms with E-state index >= 15 is 0 Å². The first kappa shape index (κ1) is 11.6. The van der Waals surface area contributed by atoms with E-state index in [4.69, 9.17) is 10.5 Å². The van der Waals surface area contributed by atoms with Crippen LogP contribution in [0.3, 0.4) is 0 Å². The van der Waals surface area contributed by atoms with Gasteiger partial charge >= 0.3 is 0 Å². The lowest BCUT2D eigenvalue weighted by Crippen LogP contribution is -2.35. The van der Waals surface area contributed by atoms with Gasteiger partial charge in [-0.15, -0.1) is 37.9 Å². The van der Waals surface area contributed by atoms with E-state index in [0.29, 0.717) is 21.4 Å². The number of aromatic nitrogens is 2. The molecule has 0 fully saturated rings. The van der Waals surface area contributed by atoms with E-state index in [2.05, 4.69) is 55.7 Å². The van der Waals surface area contributed by atoms with Crippen molar-refractivity contribution in [3.05, 3.63) is 22.8 Å². The lowest BCUT2D eigenvalue weighted by atomic mass is 10.1. The molecule has 1 unspecified atom stereocenters. The first-order chi connectivity index (χ1) is 6.99. The van der Waals surface area contributed by atoms with Gasteiger partial charge in [0.05, 0.1) is 10.6 Å². The molecule has 1 atom stereocenters. The average Bonchev–Trinajstić information content (AvgIpc) is 2.58. The summed E-state index contributed by atoms with van der Waals surface area (Å²) >= 11 is 17.0. The van der Waals surface area contributed by atoms with Crippen molar-refractivity contribution in [2.45, 2.75) is 4.93 Å². The summed E-state index contributed by atoms with van der Waals surface area (Å²) in [6, 6.07) is 0. The summed E-state index contributed by atoms with van der Waals surface area (Å²) in [5, 5.41) is 0.363. The zero-order chi connectivity index (χ0) is 11.2. The Kier molecular flexibility index (Phi) is 2.97. The molecule has 0 radical (unpaired) electrons. The molecular weight excluding hydrogens is 270 g/mol. The van der Waals surface area contributed by atoms with Crippen molar-refractivity contribution in [1.82, 2.24) is 8.96 Å².